The number of nitrogens with two attached hydrogens (primary N) is 1. The number of anilines is 1. The van der Waals surface area contributed by atoms with Crippen molar-refractivity contribution in [1.82, 2.24) is 0 Å². The van der Waals surface area contributed by atoms with E-state index in [1.165, 1.54) is 16.4 Å². The maximum Gasteiger partial charge on any atom is 0.303 e. The van der Waals surface area contributed by atoms with Crippen molar-refractivity contribution >= 4 is 51.5 Å². The minimum atomic E-state index is -4.11. The molecule has 3 aromatic carbocycles. The molecule has 0 aromatic heterocycles. The van der Waals surface area contributed by atoms with E-state index in [0.717, 1.165) is 11.1 Å². The molecule has 0 amide bonds. The van der Waals surface area contributed by atoms with Crippen molar-refractivity contribution in [3.8, 4) is 5.75 Å². The van der Waals surface area contributed by atoms with Crippen LogP contribution in [0.5, 0.6) is 5.75 Å². The van der Waals surface area contributed by atoms with Gasteiger partial charge in [0.25, 0.3) is 10.0 Å². The molecule has 0 saturated carbocycles. The maximum absolute atomic E-state index is 13.8. The van der Waals surface area contributed by atoms with Crippen molar-refractivity contribution in [2.45, 2.75) is 44.0 Å². The number of halogens is 2. The van der Waals surface area contributed by atoms with Crippen molar-refractivity contribution in [2.24, 2.45) is 5.73 Å². The summed E-state index contributed by atoms with van der Waals surface area (Å²) in [4.78, 5) is 11.1. The zero-order chi connectivity index (χ0) is 27.2. The van der Waals surface area contributed by atoms with Gasteiger partial charge in [-0.15, -0.1) is 12.4 Å². The Hall–Kier alpha value is -3.27. The number of ether oxygens (including phenoxy) is 1. The summed E-state index contributed by atoms with van der Waals surface area (Å²) >= 11 is 6.25. The lowest BCUT2D eigenvalue weighted by Crippen LogP contribution is -2.39. The zero-order valence-electron chi connectivity index (χ0n) is 21.1. The highest BCUT2D eigenvalue weighted by molar-refractivity contribution is 7.93. The third kappa shape index (κ3) is 7.86. The molecule has 1 atom stereocenters. The van der Waals surface area contributed by atoms with Crippen molar-refractivity contribution in [1.29, 1.82) is 5.41 Å². The first-order valence-corrected chi connectivity index (χ1v) is 13.5. The van der Waals surface area contributed by atoms with E-state index in [-0.39, 0.29) is 41.0 Å². The van der Waals surface area contributed by atoms with E-state index in [1.807, 2.05) is 25.1 Å². The molecule has 0 aliphatic carbocycles. The Kier molecular flexibility index (Phi) is 11.0. The molecule has 0 saturated heterocycles. The number of benzene rings is 3. The standard InChI is InChI=1S/C27H30ClN3O5S.ClH/c1-18-15-22(17-23(16-18)36-14-13-20-8-10-21(11-9-20)27(29)30)31(19(2)7-12-26(32)33)37(34,35)25-6-4-3-5-24(25)28;/h3-6,8-11,15-17,19H,7,12-14H2,1-2H3,(H3,29,30)(H,32,33);1H. The normalized spacial score (nSPS) is 11.8. The van der Waals surface area contributed by atoms with Gasteiger partial charge in [0.05, 0.1) is 17.3 Å². The molecule has 0 bridgehead atoms. The van der Waals surface area contributed by atoms with Crippen LogP contribution in [0.3, 0.4) is 0 Å². The van der Waals surface area contributed by atoms with Crippen LogP contribution in [-0.2, 0) is 21.2 Å². The Morgan fingerprint density at radius 3 is 2.39 bits per heavy atom. The number of nitrogen functional groups attached to an aromatic ring is 1. The molecule has 0 fully saturated rings. The molecule has 11 heteroatoms. The van der Waals surface area contributed by atoms with Crippen LogP contribution in [0, 0.1) is 12.3 Å². The summed E-state index contributed by atoms with van der Waals surface area (Å²) in [6.45, 7) is 3.85. The fourth-order valence-corrected chi connectivity index (χ4v) is 6.08. The molecule has 8 nitrogen and oxygen atoms in total. The maximum atomic E-state index is 13.8. The first kappa shape index (κ1) is 31.0. The average Bonchev–Trinajstić information content (AvgIpc) is 2.83. The topological polar surface area (TPSA) is 134 Å². The monoisotopic (exact) mass is 579 g/mol. The molecule has 0 aliphatic rings. The second-order valence-electron chi connectivity index (χ2n) is 8.73. The van der Waals surface area contributed by atoms with Crippen LogP contribution in [0.4, 0.5) is 5.69 Å². The summed E-state index contributed by atoms with van der Waals surface area (Å²) in [6, 6.07) is 18.0. The van der Waals surface area contributed by atoms with Crippen molar-refractivity contribution < 1.29 is 23.1 Å². The summed E-state index contributed by atoms with van der Waals surface area (Å²) in [6.07, 6.45) is 0.519. The number of sulfonamides is 1. The van der Waals surface area contributed by atoms with Crippen LogP contribution >= 0.6 is 24.0 Å². The Morgan fingerprint density at radius 1 is 1.13 bits per heavy atom. The average molecular weight is 581 g/mol. The largest absolute Gasteiger partial charge is 0.493 e. The number of nitrogens with one attached hydrogen (secondary N) is 1. The zero-order valence-corrected chi connectivity index (χ0v) is 23.4. The SMILES string of the molecule is Cc1cc(OCCc2ccc(C(=N)N)cc2)cc(N(C(C)CCC(=O)O)S(=O)(=O)c2ccccc2Cl)c1.Cl. The predicted octanol–water partition coefficient (Wildman–Crippen LogP) is 5.42. The fourth-order valence-electron chi connectivity index (χ4n) is 3.92. The fraction of sp³-hybridized carbons (Fsp3) is 0.259. The van der Waals surface area contributed by atoms with E-state index < -0.39 is 22.0 Å². The van der Waals surface area contributed by atoms with Gasteiger partial charge in [-0.3, -0.25) is 14.5 Å². The number of hydrogen-bond donors (Lipinski definition) is 3. The first-order valence-electron chi connectivity index (χ1n) is 11.7. The third-order valence-corrected chi connectivity index (χ3v) is 8.21. The first-order chi connectivity index (χ1) is 17.5. The number of hydrogen-bond acceptors (Lipinski definition) is 5. The van der Waals surface area contributed by atoms with Gasteiger partial charge in [0.15, 0.2) is 0 Å². The number of nitrogens with zero attached hydrogens (tertiary/aromatic N) is 1. The number of aliphatic carboxylic acids is 1. The van der Waals surface area contributed by atoms with Crippen LogP contribution in [0.1, 0.15) is 36.5 Å². The number of amidine groups is 1. The van der Waals surface area contributed by atoms with Gasteiger partial charge in [-0.25, -0.2) is 8.42 Å². The molecule has 4 N–H and O–H groups in total. The van der Waals surface area contributed by atoms with Gasteiger partial charge in [-0.2, -0.15) is 0 Å². The molecule has 0 heterocycles. The highest BCUT2D eigenvalue weighted by Gasteiger charge is 2.31. The molecule has 3 rings (SSSR count). The number of rotatable bonds is 12. The van der Waals surface area contributed by atoms with Crippen LogP contribution < -0.4 is 14.8 Å². The van der Waals surface area contributed by atoms with Crippen LogP contribution in [0.25, 0.3) is 0 Å². The van der Waals surface area contributed by atoms with Crippen LogP contribution in [0.15, 0.2) is 71.6 Å². The summed E-state index contributed by atoms with van der Waals surface area (Å²) in [7, 11) is -4.11. The lowest BCUT2D eigenvalue weighted by Gasteiger charge is -2.31. The van der Waals surface area contributed by atoms with Gasteiger partial charge in [-0.1, -0.05) is 48.0 Å². The molecule has 0 aliphatic heterocycles. The molecule has 38 heavy (non-hydrogen) atoms. The van der Waals surface area contributed by atoms with Crippen molar-refractivity contribution in [3.63, 3.8) is 0 Å². The molecule has 204 valence electrons. The quantitative estimate of drug-likeness (QED) is 0.193. The predicted molar refractivity (Wildman–Crippen MR) is 153 cm³/mol. The lowest BCUT2D eigenvalue weighted by molar-refractivity contribution is -0.137. The van der Waals surface area contributed by atoms with E-state index in [1.54, 1.807) is 43.3 Å². The summed E-state index contributed by atoms with van der Waals surface area (Å²) in [5.74, 6) is -0.518. The van der Waals surface area contributed by atoms with Crippen molar-refractivity contribution in [3.05, 3.63) is 88.4 Å². The Bertz CT molecular complexity index is 1380. The second kappa shape index (κ2) is 13.5. The van der Waals surface area contributed by atoms with Crippen molar-refractivity contribution in [2.75, 3.05) is 10.9 Å². The Balaban J connectivity index is 0.00000507. The van der Waals surface area contributed by atoms with E-state index in [9.17, 15) is 18.3 Å². The lowest BCUT2D eigenvalue weighted by atomic mass is 10.1. The van der Waals surface area contributed by atoms with Gasteiger partial charge in [0.1, 0.15) is 16.5 Å². The van der Waals surface area contributed by atoms with E-state index in [2.05, 4.69) is 0 Å². The van der Waals surface area contributed by atoms with Crippen LogP contribution in [-0.4, -0.2) is 38.0 Å². The number of aryl methyl sites for hydroxylation is 1. The second-order valence-corrected chi connectivity index (χ2v) is 10.9. The van der Waals surface area contributed by atoms with Gasteiger partial charge in [0.2, 0.25) is 0 Å². The third-order valence-electron chi connectivity index (χ3n) is 5.76. The van der Waals surface area contributed by atoms with Gasteiger partial charge in [-0.05, 0) is 55.7 Å². The van der Waals surface area contributed by atoms with E-state index >= 15 is 0 Å². The minimum Gasteiger partial charge on any atom is -0.493 e. The number of carboxylic acid groups (broad SMARTS) is 1. The van der Waals surface area contributed by atoms with E-state index in [0.29, 0.717) is 30.0 Å². The Labute approximate surface area is 234 Å². The van der Waals surface area contributed by atoms with Gasteiger partial charge >= 0.3 is 5.97 Å². The molecule has 0 radical (unpaired) electrons. The summed E-state index contributed by atoms with van der Waals surface area (Å²) in [5, 5.41) is 16.7. The molecular formula is C27H31Cl2N3O5S. The molecule has 1 unspecified atom stereocenters. The number of carboxylic acids is 1. The summed E-state index contributed by atoms with van der Waals surface area (Å²) in [5.41, 5.74) is 8.29. The van der Waals surface area contributed by atoms with Crippen LogP contribution in [0.2, 0.25) is 5.02 Å². The Morgan fingerprint density at radius 2 is 1.79 bits per heavy atom. The molecule has 3 aromatic rings. The highest BCUT2D eigenvalue weighted by atomic mass is 35.5. The highest BCUT2D eigenvalue weighted by Crippen LogP contribution is 2.34. The van der Waals surface area contributed by atoms with E-state index in [4.69, 9.17) is 27.5 Å². The number of carbonyl (C=O) groups is 1. The molecule has 0 spiro atoms. The minimum absolute atomic E-state index is 0. The summed E-state index contributed by atoms with van der Waals surface area (Å²) < 4.78 is 34.7. The van der Waals surface area contributed by atoms with Gasteiger partial charge in [0, 0.05) is 30.5 Å². The molecular weight excluding hydrogens is 549 g/mol. The smallest absolute Gasteiger partial charge is 0.303 e. The van der Waals surface area contributed by atoms with Gasteiger partial charge < -0.3 is 15.6 Å².